The highest BCUT2D eigenvalue weighted by molar-refractivity contribution is 5.98. The Kier molecular flexibility index (Phi) is 2.52. The molecule has 1 amide bonds. The maximum absolute atomic E-state index is 12.9. The first-order chi connectivity index (χ1) is 9.16. The maximum atomic E-state index is 12.9. The van der Waals surface area contributed by atoms with Gasteiger partial charge in [-0.25, -0.2) is 9.37 Å². The molecule has 3 aromatic rings. The number of nitrogens with zero attached hydrogens (tertiary/aromatic N) is 2. The van der Waals surface area contributed by atoms with E-state index in [1.54, 1.807) is 34.9 Å². The third-order valence-corrected chi connectivity index (χ3v) is 2.88. The molecule has 0 unspecified atom stereocenters. The van der Waals surface area contributed by atoms with E-state index in [0.29, 0.717) is 22.6 Å². The molecule has 94 valence electrons. The molecule has 19 heavy (non-hydrogen) atoms. The molecule has 0 saturated heterocycles. The number of hydrogen-bond acceptors (Lipinski definition) is 2. The Hall–Kier alpha value is -2.69. The van der Waals surface area contributed by atoms with E-state index in [2.05, 4.69) is 4.98 Å². The van der Waals surface area contributed by atoms with Crippen molar-refractivity contribution >= 4 is 11.6 Å². The smallest absolute Gasteiger partial charge is 0.268 e. The van der Waals surface area contributed by atoms with Crippen LogP contribution in [0.25, 0.3) is 16.9 Å². The van der Waals surface area contributed by atoms with Crippen molar-refractivity contribution in [1.82, 2.24) is 9.38 Å². The zero-order valence-corrected chi connectivity index (χ0v) is 9.88. The summed E-state index contributed by atoms with van der Waals surface area (Å²) in [6, 6.07) is 11.2. The van der Waals surface area contributed by atoms with E-state index < -0.39 is 5.91 Å². The van der Waals surface area contributed by atoms with Gasteiger partial charge in [-0.15, -0.1) is 0 Å². The van der Waals surface area contributed by atoms with Crippen molar-refractivity contribution in [2.24, 2.45) is 5.73 Å². The topological polar surface area (TPSA) is 60.4 Å². The summed E-state index contributed by atoms with van der Waals surface area (Å²) < 4.78 is 14.6. The first kappa shape index (κ1) is 11.4. The predicted octanol–water partition coefficient (Wildman–Crippen LogP) is 2.24. The van der Waals surface area contributed by atoms with Crippen LogP contribution in [-0.4, -0.2) is 15.3 Å². The Balaban J connectivity index is 2.31. The van der Waals surface area contributed by atoms with E-state index in [1.807, 2.05) is 6.07 Å². The summed E-state index contributed by atoms with van der Waals surface area (Å²) in [5, 5.41) is 0. The second kappa shape index (κ2) is 4.20. The van der Waals surface area contributed by atoms with Gasteiger partial charge in [0, 0.05) is 11.8 Å². The first-order valence-electron chi connectivity index (χ1n) is 5.69. The Morgan fingerprint density at radius 2 is 1.89 bits per heavy atom. The van der Waals surface area contributed by atoms with Gasteiger partial charge in [0.05, 0.1) is 0 Å². The molecule has 0 aliphatic carbocycles. The number of pyridine rings is 1. The van der Waals surface area contributed by atoms with Crippen LogP contribution in [0.15, 0.2) is 48.7 Å². The van der Waals surface area contributed by atoms with Gasteiger partial charge in [-0.1, -0.05) is 6.07 Å². The number of nitrogens with two attached hydrogens (primary N) is 1. The van der Waals surface area contributed by atoms with Crippen LogP contribution in [0.4, 0.5) is 4.39 Å². The summed E-state index contributed by atoms with van der Waals surface area (Å²) in [6.07, 6.45) is 1.72. The van der Waals surface area contributed by atoms with Crippen molar-refractivity contribution in [2.45, 2.75) is 0 Å². The van der Waals surface area contributed by atoms with E-state index in [-0.39, 0.29) is 5.82 Å². The second-order valence-electron chi connectivity index (χ2n) is 4.11. The standard InChI is InChI=1S/C14H10FN3O/c15-10-6-4-9(5-7-10)12-13(14(16)19)18-8-2-1-3-11(18)17-12/h1-8H,(H2,16,19). The van der Waals surface area contributed by atoms with Crippen LogP contribution in [0.3, 0.4) is 0 Å². The van der Waals surface area contributed by atoms with Gasteiger partial charge in [0.1, 0.15) is 22.9 Å². The van der Waals surface area contributed by atoms with Crippen molar-refractivity contribution in [1.29, 1.82) is 0 Å². The fourth-order valence-corrected chi connectivity index (χ4v) is 2.04. The number of amides is 1. The molecular weight excluding hydrogens is 245 g/mol. The van der Waals surface area contributed by atoms with E-state index in [0.717, 1.165) is 0 Å². The minimum absolute atomic E-state index is 0.294. The molecule has 5 heteroatoms. The number of fused-ring (bicyclic) bond motifs is 1. The summed E-state index contributed by atoms with van der Waals surface area (Å²) in [4.78, 5) is 16.0. The fourth-order valence-electron chi connectivity index (χ4n) is 2.04. The van der Waals surface area contributed by atoms with Crippen LogP contribution >= 0.6 is 0 Å². The normalized spacial score (nSPS) is 10.8. The number of primary amides is 1. The average molecular weight is 255 g/mol. The van der Waals surface area contributed by atoms with Gasteiger partial charge in [-0.2, -0.15) is 0 Å². The molecule has 1 aromatic carbocycles. The van der Waals surface area contributed by atoms with Gasteiger partial charge in [-0.05, 0) is 36.4 Å². The van der Waals surface area contributed by atoms with Gasteiger partial charge in [-0.3, -0.25) is 9.20 Å². The second-order valence-corrected chi connectivity index (χ2v) is 4.11. The summed E-state index contributed by atoms with van der Waals surface area (Å²) in [7, 11) is 0. The lowest BCUT2D eigenvalue weighted by Crippen LogP contribution is -2.14. The highest BCUT2D eigenvalue weighted by Crippen LogP contribution is 2.24. The average Bonchev–Trinajstić information content (AvgIpc) is 2.78. The van der Waals surface area contributed by atoms with Gasteiger partial charge in [0.15, 0.2) is 0 Å². The molecular formula is C14H10FN3O. The Morgan fingerprint density at radius 1 is 1.16 bits per heavy atom. The van der Waals surface area contributed by atoms with Crippen LogP contribution < -0.4 is 5.73 Å². The predicted molar refractivity (Wildman–Crippen MR) is 69.1 cm³/mol. The molecule has 2 heterocycles. The van der Waals surface area contributed by atoms with Crippen LogP contribution in [0, 0.1) is 5.82 Å². The Bertz CT molecular complexity index is 762. The zero-order valence-electron chi connectivity index (χ0n) is 9.88. The van der Waals surface area contributed by atoms with E-state index in [1.165, 1.54) is 12.1 Å². The molecule has 0 atom stereocenters. The quantitative estimate of drug-likeness (QED) is 0.763. The largest absolute Gasteiger partial charge is 0.364 e. The SMILES string of the molecule is NC(=O)c1c(-c2ccc(F)cc2)nc2ccccn12. The third kappa shape index (κ3) is 1.85. The van der Waals surface area contributed by atoms with Crippen molar-refractivity contribution in [3.8, 4) is 11.3 Å². The number of hydrogen-bond donors (Lipinski definition) is 1. The van der Waals surface area contributed by atoms with Crippen molar-refractivity contribution in [3.63, 3.8) is 0 Å². The van der Waals surface area contributed by atoms with Crippen LogP contribution in [0.1, 0.15) is 10.5 Å². The first-order valence-corrected chi connectivity index (χ1v) is 5.69. The van der Waals surface area contributed by atoms with Crippen LogP contribution in [0.5, 0.6) is 0 Å². The zero-order chi connectivity index (χ0) is 13.4. The van der Waals surface area contributed by atoms with Crippen molar-refractivity contribution in [3.05, 3.63) is 60.2 Å². The van der Waals surface area contributed by atoms with Crippen LogP contribution in [0.2, 0.25) is 0 Å². The molecule has 0 aliphatic heterocycles. The van der Waals surface area contributed by atoms with Gasteiger partial charge in [0.2, 0.25) is 0 Å². The summed E-state index contributed by atoms with van der Waals surface area (Å²) >= 11 is 0. The van der Waals surface area contributed by atoms with Crippen molar-refractivity contribution < 1.29 is 9.18 Å². The number of rotatable bonds is 2. The van der Waals surface area contributed by atoms with Gasteiger partial charge < -0.3 is 5.73 Å². The lowest BCUT2D eigenvalue weighted by atomic mass is 10.1. The number of halogens is 1. The summed E-state index contributed by atoms with van der Waals surface area (Å²) in [5.41, 5.74) is 7.44. The molecule has 0 saturated carbocycles. The number of imidazole rings is 1. The molecule has 0 bridgehead atoms. The molecule has 0 spiro atoms. The number of carbonyl (C=O) groups is 1. The number of carbonyl (C=O) groups excluding carboxylic acids is 1. The minimum atomic E-state index is -0.571. The minimum Gasteiger partial charge on any atom is -0.364 e. The lowest BCUT2D eigenvalue weighted by molar-refractivity contribution is 0.0995. The summed E-state index contributed by atoms with van der Waals surface area (Å²) in [5.74, 6) is -0.911. The van der Waals surface area contributed by atoms with Gasteiger partial charge in [0.25, 0.3) is 5.91 Å². The maximum Gasteiger partial charge on any atom is 0.268 e. The monoisotopic (exact) mass is 255 g/mol. The highest BCUT2D eigenvalue weighted by atomic mass is 19.1. The lowest BCUT2D eigenvalue weighted by Gasteiger charge is -2.01. The highest BCUT2D eigenvalue weighted by Gasteiger charge is 2.17. The van der Waals surface area contributed by atoms with Crippen molar-refractivity contribution in [2.75, 3.05) is 0 Å². The molecule has 0 fully saturated rings. The number of aromatic nitrogens is 2. The molecule has 2 aromatic heterocycles. The van der Waals surface area contributed by atoms with E-state index in [9.17, 15) is 9.18 Å². The molecule has 0 aliphatic rings. The van der Waals surface area contributed by atoms with E-state index >= 15 is 0 Å². The molecule has 3 rings (SSSR count). The fraction of sp³-hybridized carbons (Fsp3) is 0. The molecule has 2 N–H and O–H groups in total. The Labute approximate surface area is 108 Å². The number of benzene rings is 1. The Morgan fingerprint density at radius 3 is 2.58 bits per heavy atom. The van der Waals surface area contributed by atoms with Gasteiger partial charge >= 0.3 is 0 Å². The van der Waals surface area contributed by atoms with E-state index in [4.69, 9.17) is 5.73 Å². The van der Waals surface area contributed by atoms with Crippen LogP contribution in [-0.2, 0) is 0 Å². The summed E-state index contributed by atoms with van der Waals surface area (Å²) in [6.45, 7) is 0. The molecule has 4 nitrogen and oxygen atoms in total. The molecule has 0 radical (unpaired) electrons. The third-order valence-electron chi connectivity index (χ3n) is 2.88.